The van der Waals surface area contributed by atoms with Crippen molar-refractivity contribution >= 4 is 23.2 Å². The van der Waals surface area contributed by atoms with E-state index in [4.69, 9.17) is 14.2 Å². The number of nitrogens with one attached hydrogen (secondary N) is 2. The number of aromatic nitrogens is 1. The molecule has 0 spiro atoms. The Hall–Kier alpha value is -3.91. The van der Waals surface area contributed by atoms with Crippen molar-refractivity contribution in [2.24, 2.45) is 0 Å². The van der Waals surface area contributed by atoms with Gasteiger partial charge in [0.25, 0.3) is 11.8 Å². The van der Waals surface area contributed by atoms with E-state index in [1.165, 1.54) is 0 Å². The minimum Gasteiger partial charge on any atom is -0.497 e. The van der Waals surface area contributed by atoms with Gasteiger partial charge in [0.05, 0.1) is 7.11 Å². The quantitative estimate of drug-likeness (QED) is 0.578. The molecule has 2 amide bonds. The average Bonchev–Trinajstić information content (AvgIpc) is 3.36. The number of carbonyl (C=O) groups excluding carboxylic acids is 2. The van der Waals surface area contributed by atoms with Crippen molar-refractivity contribution in [1.29, 1.82) is 0 Å². The Kier molecular flexibility index (Phi) is 6.62. The van der Waals surface area contributed by atoms with E-state index < -0.39 is 6.10 Å². The van der Waals surface area contributed by atoms with Crippen LogP contribution in [0.4, 0.5) is 11.4 Å². The number of carbonyl (C=O) groups is 2. The lowest BCUT2D eigenvalue weighted by Crippen LogP contribution is -2.27. The van der Waals surface area contributed by atoms with Crippen LogP contribution in [0.25, 0.3) is 0 Å². The summed E-state index contributed by atoms with van der Waals surface area (Å²) in [6.07, 6.45) is 2.70. The number of pyridine rings is 1. The lowest BCUT2D eigenvalue weighted by molar-refractivity contribution is -0.124. The van der Waals surface area contributed by atoms with Gasteiger partial charge in [0.1, 0.15) is 23.3 Å². The molecule has 0 saturated carbocycles. The molecule has 164 valence electrons. The van der Waals surface area contributed by atoms with Crippen molar-refractivity contribution in [2.45, 2.75) is 18.9 Å². The summed E-state index contributed by atoms with van der Waals surface area (Å²) in [6, 6.07) is 17.2. The zero-order valence-corrected chi connectivity index (χ0v) is 17.5. The van der Waals surface area contributed by atoms with Crippen LogP contribution in [0.2, 0.25) is 0 Å². The molecule has 3 aromatic rings. The monoisotopic (exact) mass is 433 g/mol. The van der Waals surface area contributed by atoms with E-state index in [-0.39, 0.29) is 17.7 Å². The third-order valence-electron chi connectivity index (χ3n) is 4.91. The lowest BCUT2D eigenvalue weighted by atomic mass is 10.1. The first-order chi connectivity index (χ1) is 15.6. The van der Waals surface area contributed by atoms with Crippen LogP contribution >= 0.6 is 0 Å². The molecular formula is C24H23N3O5. The van der Waals surface area contributed by atoms with E-state index in [1.54, 1.807) is 74.0 Å². The number of ether oxygens (including phenoxy) is 3. The molecule has 0 radical (unpaired) electrons. The summed E-state index contributed by atoms with van der Waals surface area (Å²) < 4.78 is 16.4. The predicted octanol–water partition coefficient (Wildman–Crippen LogP) is 4.25. The highest BCUT2D eigenvalue weighted by Gasteiger charge is 2.23. The van der Waals surface area contributed by atoms with Gasteiger partial charge in [0.2, 0.25) is 5.88 Å². The minimum absolute atomic E-state index is 0.206. The van der Waals surface area contributed by atoms with E-state index in [9.17, 15) is 9.59 Å². The zero-order chi connectivity index (χ0) is 22.3. The topological polar surface area (TPSA) is 98.8 Å². The van der Waals surface area contributed by atoms with E-state index >= 15 is 0 Å². The lowest BCUT2D eigenvalue weighted by Gasteiger charge is -2.13. The van der Waals surface area contributed by atoms with E-state index in [0.29, 0.717) is 41.5 Å². The Morgan fingerprint density at radius 1 is 1.03 bits per heavy atom. The van der Waals surface area contributed by atoms with Crippen LogP contribution in [0.15, 0.2) is 66.9 Å². The maximum absolute atomic E-state index is 12.8. The Bertz CT molecular complexity index is 1090. The summed E-state index contributed by atoms with van der Waals surface area (Å²) in [5.41, 5.74) is 1.33. The number of hydrogen-bond acceptors (Lipinski definition) is 6. The fraction of sp³-hybridized carbons (Fsp3) is 0.208. The SMILES string of the molecule is COc1ccc(Oc2ncccc2NC(=O)c2cccc(NC(=O)C3CCCO3)c2)cc1. The van der Waals surface area contributed by atoms with Gasteiger partial charge < -0.3 is 24.8 Å². The predicted molar refractivity (Wildman–Crippen MR) is 119 cm³/mol. The molecule has 1 saturated heterocycles. The van der Waals surface area contributed by atoms with Crippen molar-refractivity contribution < 1.29 is 23.8 Å². The average molecular weight is 433 g/mol. The van der Waals surface area contributed by atoms with Crippen LogP contribution in [0.5, 0.6) is 17.4 Å². The fourth-order valence-electron chi connectivity index (χ4n) is 3.26. The first-order valence-corrected chi connectivity index (χ1v) is 10.2. The van der Waals surface area contributed by atoms with Crippen LogP contribution in [-0.4, -0.2) is 36.6 Å². The molecule has 8 heteroatoms. The summed E-state index contributed by atoms with van der Waals surface area (Å²) in [7, 11) is 1.59. The van der Waals surface area contributed by atoms with Gasteiger partial charge in [-0.3, -0.25) is 9.59 Å². The minimum atomic E-state index is -0.444. The number of methoxy groups -OCH3 is 1. The fourth-order valence-corrected chi connectivity index (χ4v) is 3.26. The van der Waals surface area contributed by atoms with Gasteiger partial charge in [-0.1, -0.05) is 6.07 Å². The molecule has 1 aliphatic rings. The largest absolute Gasteiger partial charge is 0.497 e. The number of anilines is 2. The normalized spacial score (nSPS) is 15.1. The molecule has 1 unspecified atom stereocenters. The maximum atomic E-state index is 12.8. The van der Waals surface area contributed by atoms with Crippen molar-refractivity contribution in [3.05, 3.63) is 72.4 Å². The summed E-state index contributed by atoms with van der Waals surface area (Å²) in [6.45, 7) is 0.590. The number of benzene rings is 2. The van der Waals surface area contributed by atoms with Gasteiger partial charge in [0, 0.05) is 24.1 Å². The highest BCUT2D eigenvalue weighted by Crippen LogP contribution is 2.28. The van der Waals surface area contributed by atoms with Crippen LogP contribution < -0.4 is 20.1 Å². The second-order valence-electron chi connectivity index (χ2n) is 7.16. The molecule has 4 rings (SSSR count). The second kappa shape index (κ2) is 9.93. The van der Waals surface area contributed by atoms with Crippen molar-refractivity contribution in [1.82, 2.24) is 4.98 Å². The molecule has 0 bridgehead atoms. The number of amides is 2. The van der Waals surface area contributed by atoms with Crippen molar-refractivity contribution in [3.63, 3.8) is 0 Å². The molecule has 8 nitrogen and oxygen atoms in total. The molecule has 1 aliphatic heterocycles. The number of rotatable bonds is 7. The van der Waals surface area contributed by atoms with Crippen LogP contribution in [0.3, 0.4) is 0 Å². The van der Waals surface area contributed by atoms with Gasteiger partial charge in [-0.25, -0.2) is 4.98 Å². The summed E-state index contributed by atoms with van der Waals surface area (Å²) in [4.78, 5) is 29.3. The molecule has 2 heterocycles. The van der Waals surface area contributed by atoms with E-state index in [0.717, 1.165) is 6.42 Å². The second-order valence-corrected chi connectivity index (χ2v) is 7.16. The molecule has 1 atom stereocenters. The van der Waals surface area contributed by atoms with Gasteiger partial charge in [0.15, 0.2) is 0 Å². The molecule has 32 heavy (non-hydrogen) atoms. The summed E-state index contributed by atoms with van der Waals surface area (Å²) in [5, 5.41) is 5.62. The van der Waals surface area contributed by atoms with Crippen LogP contribution in [0.1, 0.15) is 23.2 Å². The Morgan fingerprint density at radius 2 is 1.84 bits per heavy atom. The van der Waals surface area contributed by atoms with Gasteiger partial charge in [-0.2, -0.15) is 0 Å². The highest BCUT2D eigenvalue weighted by molar-refractivity contribution is 6.06. The Morgan fingerprint density at radius 3 is 2.59 bits per heavy atom. The third kappa shape index (κ3) is 5.22. The number of hydrogen-bond donors (Lipinski definition) is 2. The molecule has 2 N–H and O–H groups in total. The van der Waals surface area contributed by atoms with Crippen molar-refractivity contribution in [2.75, 3.05) is 24.4 Å². The molecular weight excluding hydrogens is 410 g/mol. The maximum Gasteiger partial charge on any atom is 0.255 e. The molecule has 0 aliphatic carbocycles. The van der Waals surface area contributed by atoms with Crippen molar-refractivity contribution in [3.8, 4) is 17.4 Å². The van der Waals surface area contributed by atoms with Crippen LogP contribution in [-0.2, 0) is 9.53 Å². The summed E-state index contributed by atoms with van der Waals surface area (Å²) in [5.74, 6) is 0.958. The van der Waals surface area contributed by atoms with Gasteiger partial charge in [-0.15, -0.1) is 0 Å². The molecule has 1 aromatic heterocycles. The smallest absolute Gasteiger partial charge is 0.255 e. The van der Waals surface area contributed by atoms with Gasteiger partial charge >= 0.3 is 0 Å². The van der Waals surface area contributed by atoms with Gasteiger partial charge in [-0.05, 0) is 67.4 Å². The first kappa shape index (κ1) is 21.3. The zero-order valence-electron chi connectivity index (χ0n) is 17.5. The molecule has 1 fully saturated rings. The van der Waals surface area contributed by atoms with Crippen LogP contribution in [0, 0.1) is 0 Å². The third-order valence-corrected chi connectivity index (χ3v) is 4.91. The number of nitrogens with zero attached hydrogens (tertiary/aromatic N) is 1. The first-order valence-electron chi connectivity index (χ1n) is 10.2. The van der Waals surface area contributed by atoms with E-state index in [2.05, 4.69) is 15.6 Å². The summed E-state index contributed by atoms with van der Waals surface area (Å²) >= 11 is 0. The standard InChI is InChI=1S/C24H23N3O5/c1-30-18-9-11-19(12-10-18)32-24-20(7-3-13-25-24)27-22(28)16-5-2-6-17(15-16)26-23(29)21-8-4-14-31-21/h2-3,5-7,9-13,15,21H,4,8,14H2,1H3,(H,26,29)(H,27,28). The van der Waals surface area contributed by atoms with E-state index in [1.807, 2.05) is 0 Å². The highest BCUT2D eigenvalue weighted by atomic mass is 16.5. The molecule has 2 aromatic carbocycles. The Labute approximate surface area is 185 Å². The Balaban J connectivity index is 1.45.